The van der Waals surface area contributed by atoms with Gasteiger partial charge in [0.15, 0.2) is 0 Å². The summed E-state index contributed by atoms with van der Waals surface area (Å²) in [5.74, 6) is 0. The van der Waals surface area contributed by atoms with Gasteiger partial charge in [-0.25, -0.2) is 9.97 Å². The predicted octanol–water partition coefficient (Wildman–Crippen LogP) is 7.76. The molecule has 0 aliphatic heterocycles. The van der Waals surface area contributed by atoms with E-state index >= 15 is 0 Å². The van der Waals surface area contributed by atoms with Crippen molar-refractivity contribution in [2.75, 3.05) is 0 Å². The number of rotatable bonds is 4. The summed E-state index contributed by atoms with van der Waals surface area (Å²) in [6.07, 6.45) is 4.08. The van der Waals surface area contributed by atoms with Gasteiger partial charge < -0.3 is 19.8 Å². The standard InChI is InChI=1S/C19H16N2O.C18H14N2O/c1-21-11-16(15-7-3-5-9-19(15)21)18-10-13(12-22)14-6-2-4-8-17(14)20-18;21-11-12-9-18(20-17-8-4-1-5-13(12)17)15-10-19-16-7-3-2-6-14(15)16/h2-11,22H,12H2,1H3;1-10,19,21H,11H2. The quantitative estimate of drug-likeness (QED) is 0.205. The monoisotopic (exact) mass is 562 g/mol. The largest absolute Gasteiger partial charge is 0.392 e. The summed E-state index contributed by atoms with van der Waals surface area (Å²) >= 11 is 0. The molecule has 0 saturated heterocycles. The molecule has 8 rings (SSSR count). The molecular formula is C37H30N4O2. The zero-order valence-corrected chi connectivity index (χ0v) is 23.7. The first kappa shape index (κ1) is 26.6. The van der Waals surface area contributed by atoms with Gasteiger partial charge in [0.25, 0.3) is 0 Å². The summed E-state index contributed by atoms with van der Waals surface area (Å²) in [4.78, 5) is 12.8. The van der Waals surface area contributed by atoms with E-state index in [0.29, 0.717) is 0 Å². The number of aromatic amines is 1. The molecule has 0 radical (unpaired) electrons. The molecular weight excluding hydrogens is 532 g/mol. The lowest BCUT2D eigenvalue weighted by atomic mass is 10.0. The first-order chi connectivity index (χ1) is 21.1. The number of aryl methyl sites for hydroxylation is 1. The van der Waals surface area contributed by atoms with Gasteiger partial charge in [0.05, 0.1) is 35.6 Å². The number of aliphatic hydroxyl groups is 2. The number of benzene rings is 4. The molecule has 8 aromatic rings. The number of aliphatic hydroxyl groups excluding tert-OH is 2. The number of fused-ring (bicyclic) bond motifs is 4. The third-order valence-electron chi connectivity index (χ3n) is 7.98. The first-order valence-electron chi connectivity index (χ1n) is 14.2. The van der Waals surface area contributed by atoms with Crippen LogP contribution < -0.4 is 0 Å². The second-order valence-corrected chi connectivity index (χ2v) is 10.6. The Morgan fingerprint density at radius 2 is 1.12 bits per heavy atom. The lowest BCUT2D eigenvalue weighted by molar-refractivity contribution is 0.283. The Labute approximate surface area is 248 Å². The van der Waals surface area contributed by atoms with Gasteiger partial charge in [-0.2, -0.15) is 0 Å². The van der Waals surface area contributed by atoms with E-state index in [9.17, 15) is 10.2 Å². The summed E-state index contributed by atoms with van der Waals surface area (Å²) in [7, 11) is 2.04. The number of pyridine rings is 2. The van der Waals surface area contributed by atoms with E-state index in [1.807, 2.05) is 104 Å². The average molecular weight is 563 g/mol. The van der Waals surface area contributed by atoms with E-state index < -0.39 is 0 Å². The van der Waals surface area contributed by atoms with Crippen LogP contribution in [0, 0.1) is 0 Å². The number of hydrogen-bond acceptors (Lipinski definition) is 4. The molecule has 6 heteroatoms. The molecule has 4 heterocycles. The van der Waals surface area contributed by atoms with Crippen molar-refractivity contribution in [2.24, 2.45) is 7.05 Å². The molecule has 4 aromatic carbocycles. The maximum Gasteiger partial charge on any atom is 0.0734 e. The molecule has 0 saturated carbocycles. The highest BCUT2D eigenvalue weighted by Gasteiger charge is 2.13. The highest BCUT2D eigenvalue weighted by Crippen LogP contribution is 2.32. The van der Waals surface area contributed by atoms with Gasteiger partial charge in [-0.05, 0) is 47.5 Å². The minimum Gasteiger partial charge on any atom is -0.392 e. The predicted molar refractivity (Wildman–Crippen MR) is 175 cm³/mol. The van der Waals surface area contributed by atoms with Gasteiger partial charge >= 0.3 is 0 Å². The molecule has 0 amide bonds. The Balaban J connectivity index is 0.000000140. The van der Waals surface area contributed by atoms with Gasteiger partial charge in [-0.1, -0.05) is 72.8 Å². The molecule has 0 atom stereocenters. The van der Waals surface area contributed by atoms with Crippen LogP contribution in [0.5, 0.6) is 0 Å². The van der Waals surface area contributed by atoms with E-state index in [1.165, 1.54) is 10.9 Å². The van der Waals surface area contributed by atoms with E-state index in [4.69, 9.17) is 9.97 Å². The van der Waals surface area contributed by atoms with Crippen molar-refractivity contribution in [3.05, 3.63) is 133 Å². The molecule has 43 heavy (non-hydrogen) atoms. The van der Waals surface area contributed by atoms with E-state index in [2.05, 4.69) is 33.9 Å². The lowest BCUT2D eigenvalue weighted by Gasteiger charge is -2.07. The normalized spacial score (nSPS) is 11.3. The molecule has 6 nitrogen and oxygen atoms in total. The Morgan fingerprint density at radius 1 is 0.605 bits per heavy atom. The minimum absolute atomic E-state index is 0.0123. The summed E-state index contributed by atoms with van der Waals surface area (Å²) in [6, 6.07) is 36.3. The van der Waals surface area contributed by atoms with Crippen LogP contribution in [-0.2, 0) is 20.3 Å². The van der Waals surface area contributed by atoms with Gasteiger partial charge in [-0.3, -0.25) is 0 Å². The number of aromatic nitrogens is 4. The molecule has 0 bridgehead atoms. The molecule has 0 aliphatic rings. The number of H-pyrrole nitrogens is 1. The van der Waals surface area contributed by atoms with Crippen molar-refractivity contribution in [3.8, 4) is 22.5 Å². The Bertz CT molecular complexity index is 2250. The van der Waals surface area contributed by atoms with Crippen LogP contribution >= 0.6 is 0 Å². The van der Waals surface area contributed by atoms with Crippen molar-refractivity contribution in [1.29, 1.82) is 0 Å². The van der Waals surface area contributed by atoms with Crippen LogP contribution in [0.1, 0.15) is 11.1 Å². The molecule has 0 fully saturated rings. The van der Waals surface area contributed by atoms with Crippen molar-refractivity contribution < 1.29 is 10.2 Å². The second kappa shape index (κ2) is 11.2. The Kier molecular flexibility index (Phi) is 6.91. The number of para-hydroxylation sites is 4. The van der Waals surface area contributed by atoms with Crippen molar-refractivity contribution in [3.63, 3.8) is 0 Å². The topological polar surface area (TPSA) is 87.0 Å². The van der Waals surface area contributed by atoms with Crippen molar-refractivity contribution in [1.82, 2.24) is 19.5 Å². The van der Waals surface area contributed by atoms with Crippen LogP contribution in [-0.4, -0.2) is 29.7 Å². The Hall–Kier alpha value is -5.30. The fraction of sp³-hybridized carbons (Fsp3) is 0.0811. The fourth-order valence-electron chi connectivity index (χ4n) is 5.86. The third-order valence-corrected chi connectivity index (χ3v) is 7.98. The van der Waals surface area contributed by atoms with Crippen LogP contribution in [0.25, 0.3) is 66.1 Å². The van der Waals surface area contributed by atoms with E-state index in [0.717, 1.165) is 66.4 Å². The van der Waals surface area contributed by atoms with Crippen molar-refractivity contribution >= 4 is 43.6 Å². The zero-order valence-electron chi connectivity index (χ0n) is 23.7. The summed E-state index contributed by atoms with van der Waals surface area (Å²) in [5, 5.41) is 23.7. The molecule has 0 spiro atoms. The van der Waals surface area contributed by atoms with Gasteiger partial charge in [-0.15, -0.1) is 0 Å². The van der Waals surface area contributed by atoms with Crippen LogP contribution in [0.4, 0.5) is 0 Å². The minimum atomic E-state index is 0.0123. The summed E-state index contributed by atoms with van der Waals surface area (Å²) in [5.41, 5.74) is 9.85. The van der Waals surface area contributed by atoms with Crippen LogP contribution in [0.15, 0.2) is 122 Å². The van der Waals surface area contributed by atoms with Crippen molar-refractivity contribution in [2.45, 2.75) is 13.2 Å². The summed E-state index contributed by atoms with van der Waals surface area (Å²) < 4.78 is 2.11. The maximum absolute atomic E-state index is 9.69. The lowest BCUT2D eigenvalue weighted by Crippen LogP contribution is -1.92. The smallest absolute Gasteiger partial charge is 0.0734 e. The first-order valence-corrected chi connectivity index (χ1v) is 14.2. The summed E-state index contributed by atoms with van der Waals surface area (Å²) in [6.45, 7) is 0.0270. The number of nitrogens with one attached hydrogen (secondary N) is 1. The SMILES string of the molecule is Cn1cc(-c2cc(CO)c3ccccc3n2)c2ccccc21.OCc1cc(-c2c[nH]c3ccccc23)nc2ccccc12. The molecule has 3 N–H and O–H groups in total. The molecule has 0 aliphatic carbocycles. The van der Waals surface area contributed by atoms with Crippen LogP contribution in [0.3, 0.4) is 0 Å². The van der Waals surface area contributed by atoms with E-state index in [1.54, 1.807) is 0 Å². The average Bonchev–Trinajstić information content (AvgIpc) is 3.65. The zero-order chi connectivity index (χ0) is 29.3. The molecule has 210 valence electrons. The fourth-order valence-corrected chi connectivity index (χ4v) is 5.86. The van der Waals surface area contributed by atoms with Gasteiger partial charge in [0.2, 0.25) is 0 Å². The molecule has 4 aromatic heterocycles. The van der Waals surface area contributed by atoms with Gasteiger partial charge in [0, 0.05) is 63.1 Å². The number of nitrogens with zero attached hydrogens (tertiary/aromatic N) is 3. The van der Waals surface area contributed by atoms with E-state index in [-0.39, 0.29) is 13.2 Å². The molecule has 0 unspecified atom stereocenters. The third kappa shape index (κ3) is 4.83. The van der Waals surface area contributed by atoms with Crippen LogP contribution in [0.2, 0.25) is 0 Å². The second-order valence-electron chi connectivity index (χ2n) is 10.6. The highest BCUT2D eigenvalue weighted by atomic mass is 16.3. The maximum atomic E-state index is 9.69. The Morgan fingerprint density at radius 3 is 1.74 bits per heavy atom. The number of hydrogen-bond donors (Lipinski definition) is 3. The van der Waals surface area contributed by atoms with Gasteiger partial charge in [0.1, 0.15) is 0 Å². The highest BCUT2D eigenvalue weighted by molar-refractivity contribution is 5.98.